The molecule has 0 heteroatoms. The van der Waals surface area contributed by atoms with Crippen LogP contribution < -0.4 is 0 Å². The fourth-order valence-corrected chi connectivity index (χ4v) is 2.24. The van der Waals surface area contributed by atoms with Gasteiger partial charge in [-0.1, -0.05) is 58.9 Å². The predicted molar refractivity (Wildman–Crippen MR) is 62.4 cm³/mol. The summed E-state index contributed by atoms with van der Waals surface area (Å²) in [4.78, 5) is 0. The molecule has 1 radical (unpaired) electrons. The molecule has 0 aliphatic rings. The van der Waals surface area contributed by atoms with Crippen LogP contribution in [0.3, 0.4) is 0 Å². The molecule has 14 heavy (non-hydrogen) atoms. The molecule has 1 aromatic rings. The van der Waals surface area contributed by atoms with E-state index < -0.39 is 0 Å². The van der Waals surface area contributed by atoms with Gasteiger partial charge in [0.1, 0.15) is 0 Å². The summed E-state index contributed by atoms with van der Waals surface area (Å²) in [6.07, 6.45) is 1.19. The Morgan fingerprint density at radius 3 is 2.21 bits per heavy atom. The van der Waals surface area contributed by atoms with E-state index in [1.165, 1.54) is 12.0 Å². The fourth-order valence-electron chi connectivity index (χ4n) is 2.24. The Kier molecular flexibility index (Phi) is 3.04. The van der Waals surface area contributed by atoms with E-state index in [1.54, 1.807) is 0 Å². The van der Waals surface area contributed by atoms with Crippen molar-refractivity contribution >= 4 is 0 Å². The third kappa shape index (κ3) is 3.17. The van der Waals surface area contributed by atoms with Crippen LogP contribution in [0, 0.1) is 11.5 Å². The molecule has 0 heterocycles. The normalized spacial score (nSPS) is 12.9. The van der Waals surface area contributed by atoms with Crippen LogP contribution in [0.25, 0.3) is 0 Å². The third-order valence-electron chi connectivity index (χ3n) is 2.46. The van der Waals surface area contributed by atoms with Crippen LogP contribution in [-0.2, 0) is 5.41 Å². The lowest BCUT2D eigenvalue weighted by molar-refractivity contribution is 0.284. The van der Waals surface area contributed by atoms with Crippen LogP contribution in [0.5, 0.6) is 0 Å². The lowest BCUT2D eigenvalue weighted by Gasteiger charge is -2.32. The van der Waals surface area contributed by atoms with Crippen LogP contribution in [-0.4, -0.2) is 0 Å². The monoisotopic (exact) mass is 189 g/mol. The predicted octanol–water partition coefficient (Wildman–Crippen LogP) is 4.20. The van der Waals surface area contributed by atoms with Gasteiger partial charge in [0.05, 0.1) is 0 Å². The zero-order valence-corrected chi connectivity index (χ0v) is 10.0. The highest BCUT2D eigenvalue weighted by atomic mass is 14.3. The van der Waals surface area contributed by atoms with E-state index in [0.29, 0.717) is 5.41 Å². The summed E-state index contributed by atoms with van der Waals surface area (Å²) in [5, 5.41) is 0. The van der Waals surface area contributed by atoms with Gasteiger partial charge in [-0.3, -0.25) is 0 Å². The summed E-state index contributed by atoms with van der Waals surface area (Å²) in [6, 6.07) is 11.5. The van der Waals surface area contributed by atoms with Crippen molar-refractivity contribution in [1.29, 1.82) is 0 Å². The van der Waals surface area contributed by atoms with Crippen LogP contribution >= 0.6 is 0 Å². The van der Waals surface area contributed by atoms with E-state index in [2.05, 4.69) is 58.9 Å². The smallest absolute Gasteiger partial charge is 0.00984 e. The minimum absolute atomic E-state index is 0.246. The maximum atomic E-state index is 3.15. The minimum Gasteiger partial charge on any atom is -0.0614 e. The molecule has 0 atom stereocenters. The molecule has 0 fully saturated rings. The second-order valence-corrected chi connectivity index (χ2v) is 5.91. The molecule has 77 valence electrons. The van der Waals surface area contributed by atoms with Gasteiger partial charge in [0, 0.05) is 0 Å². The highest BCUT2D eigenvalue weighted by Crippen LogP contribution is 2.35. The molecule has 0 aliphatic heterocycles. The average molecular weight is 189 g/mol. The van der Waals surface area contributed by atoms with Gasteiger partial charge in [0.2, 0.25) is 0 Å². The Morgan fingerprint density at radius 2 is 1.79 bits per heavy atom. The Bertz CT molecular complexity index is 275. The van der Waals surface area contributed by atoms with E-state index in [9.17, 15) is 0 Å². The highest BCUT2D eigenvalue weighted by molar-refractivity contribution is 5.23. The summed E-state index contributed by atoms with van der Waals surface area (Å²) in [5.41, 5.74) is 2.00. The topological polar surface area (TPSA) is 0 Å². The molecule has 0 amide bonds. The van der Waals surface area contributed by atoms with E-state index in [1.807, 2.05) is 6.07 Å². The quantitative estimate of drug-likeness (QED) is 0.654. The first kappa shape index (κ1) is 11.3. The van der Waals surface area contributed by atoms with E-state index in [4.69, 9.17) is 0 Å². The van der Waals surface area contributed by atoms with Gasteiger partial charge in [-0.2, -0.15) is 0 Å². The third-order valence-corrected chi connectivity index (χ3v) is 2.46. The van der Waals surface area contributed by atoms with Crippen molar-refractivity contribution in [3.05, 3.63) is 35.9 Å². The first-order chi connectivity index (χ1) is 6.31. The van der Waals surface area contributed by atoms with Crippen LogP contribution in [0.2, 0.25) is 0 Å². The van der Waals surface area contributed by atoms with Gasteiger partial charge in [-0.25, -0.2) is 0 Å². The van der Waals surface area contributed by atoms with Gasteiger partial charge in [0.15, 0.2) is 0 Å². The van der Waals surface area contributed by atoms with Gasteiger partial charge in [-0.05, 0) is 28.9 Å². The van der Waals surface area contributed by atoms with Crippen LogP contribution in [0.15, 0.2) is 24.3 Å². The summed E-state index contributed by atoms with van der Waals surface area (Å²) in [7, 11) is 0. The molecule has 0 nitrogen and oxygen atoms in total. The van der Waals surface area contributed by atoms with Crippen molar-refractivity contribution < 1.29 is 0 Å². The van der Waals surface area contributed by atoms with Crippen molar-refractivity contribution in [3.63, 3.8) is 0 Å². The Morgan fingerprint density at radius 1 is 1.14 bits per heavy atom. The molecule has 1 rings (SSSR count). The molecular formula is C14H21. The largest absolute Gasteiger partial charge is 0.0614 e. The second kappa shape index (κ2) is 3.76. The average Bonchev–Trinajstić information content (AvgIpc) is 2.01. The number of hydrogen-bond acceptors (Lipinski definition) is 0. The molecule has 0 bridgehead atoms. The molecular weight excluding hydrogens is 168 g/mol. The zero-order chi connectivity index (χ0) is 10.8. The highest BCUT2D eigenvalue weighted by Gasteiger charge is 2.26. The Hall–Kier alpha value is -0.780. The lowest BCUT2D eigenvalue weighted by Crippen LogP contribution is -2.24. The van der Waals surface area contributed by atoms with Crippen molar-refractivity contribution in [2.75, 3.05) is 0 Å². The summed E-state index contributed by atoms with van der Waals surface area (Å²) < 4.78 is 0. The van der Waals surface area contributed by atoms with Crippen molar-refractivity contribution in [1.82, 2.24) is 0 Å². The maximum Gasteiger partial charge on any atom is -0.00984 e. The summed E-state index contributed by atoms with van der Waals surface area (Å²) in [6.45, 7) is 11.5. The van der Waals surface area contributed by atoms with Crippen molar-refractivity contribution in [2.45, 2.75) is 46.5 Å². The number of rotatable bonds is 2. The number of hydrogen-bond donors (Lipinski definition) is 0. The molecule has 0 saturated heterocycles. The molecule has 0 aromatic heterocycles. The number of benzene rings is 1. The first-order valence-electron chi connectivity index (χ1n) is 5.28. The van der Waals surface area contributed by atoms with Gasteiger partial charge < -0.3 is 0 Å². The minimum atomic E-state index is 0.246. The molecule has 0 saturated carbocycles. The molecule has 0 aliphatic carbocycles. The molecule has 1 aromatic carbocycles. The molecule has 0 N–H and O–H groups in total. The second-order valence-electron chi connectivity index (χ2n) is 5.91. The summed E-state index contributed by atoms with van der Waals surface area (Å²) >= 11 is 0. The lowest BCUT2D eigenvalue weighted by atomic mass is 9.72. The van der Waals surface area contributed by atoms with Crippen molar-refractivity contribution in [3.8, 4) is 0 Å². The van der Waals surface area contributed by atoms with Crippen LogP contribution in [0.4, 0.5) is 0 Å². The standard InChI is InChI=1S/C14H21/c1-13(2,3)11-14(4,5)12-9-7-6-8-10-12/h6-7,9-10H,11H2,1-5H3. The Labute approximate surface area is 88.4 Å². The fraction of sp³-hybridized carbons (Fsp3) is 0.571. The first-order valence-corrected chi connectivity index (χ1v) is 5.28. The van der Waals surface area contributed by atoms with Gasteiger partial charge >= 0.3 is 0 Å². The van der Waals surface area contributed by atoms with E-state index in [-0.39, 0.29) is 5.41 Å². The zero-order valence-electron chi connectivity index (χ0n) is 10.0. The maximum absolute atomic E-state index is 3.15. The van der Waals surface area contributed by atoms with E-state index >= 15 is 0 Å². The molecule has 0 spiro atoms. The van der Waals surface area contributed by atoms with E-state index in [0.717, 1.165) is 0 Å². The summed E-state index contributed by atoms with van der Waals surface area (Å²) in [5.74, 6) is 0. The van der Waals surface area contributed by atoms with Crippen molar-refractivity contribution in [2.24, 2.45) is 5.41 Å². The van der Waals surface area contributed by atoms with Gasteiger partial charge in [0.25, 0.3) is 0 Å². The molecule has 0 unspecified atom stereocenters. The Balaban J connectivity index is 2.86. The van der Waals surface area contributed by atoms with Gasteiger partial charge in [-0.15, -0.1) is 0 Å². The SMILES string of the molecule is CC(C)(C)CC(C)(C)c1c[c]ccc1. The van der Waals surface area contributed by atoms with Crippen LogP contribution in [0.1, 0.15) is 46.6 Å².